The molecule has 0 bridgehead atoms. The van der Waals surface area contributed by atoms with E-state index in [0.717, 1.165) is 11.4 Å². The van der Waals surface area contributed by atoms with Crippen molar-refractivity contribution in [2.75, 3.05) is 6.54 Å². The molecule has 3 aromatic rings. The maximum absolute atomic E-state index is 5.99. The normalized spacial score (nSPS) is 12.3. The first-order valence-corrected chi connectivity index (χ1v) is 8.68. The van der Waals surface area contributed by atoms with Crippen LogP contribution in [0.25, 0.3) is 11.1 Å². The first kappa shape index (κ1) is 15.3. The summed E-state index contributed by atoms with van der Waals surface area (Å²) < 4.78 is 0. The molecule has 0 saturated heterocycles. The highest BCUT2D eigenvalue weighted by molar-refractivity contribution is 7.08. The van der Waals surface area contributed by atoms with Crippen LogP contribution in [0.15, 0.2) is 65.4 Å². The Hall–Kier alpha value is -1.61. The van der Waals surface area contributed by atoms with Crippen molar-refractivity contribution in [2.45, 2.75) is 12.3 Å². The van der Waals surface area contributed by atoms with Gasteiger partial charge in [-0.05, 0) is 64.2 Å². The molecule has 112 valence electrons. The second-order valence-corrected chi connectivity index (χ2v) is 6.53. The fourth-order valence-electron chi connectivity index (χ4n) is 2.72. The zero-order valence-electron chi connectivity index (χ0n) is 12.2. The molecule has 0 fully saturated rings. The summed E-state index contributed by atoms with van der Waals surface area (Å²) in [5.41, 5.74) is 10.9. The number of halogens is 1. The van der Waals surface area contributed by atoms with E-state index in [2.05, 4.69) is 53.2 Å². The van der Waals surface area contributed by atoms with Gasteiger partial charge in [-0.25, -0.2) is 0 Å². The first-order valence-electron chi connectivity index (χ1n) is 7.36. The van der Waals surface area contributed by atoms with Gasteiger partial charge in [0.05, 0.1) is 0 Å². The van der Waals surface area contributed by atoms with E-state index in [9.17, 15) is 0 Å². The molecule has 0 saturated carbocycles. The van der Waals surface area contributed by atoms with E-state index < -0.39 is 0 Å². The maximum atomic E-state index is 5.99. The lowest BCUT2D eigenvalue weighted by atomic mass is 9.88. The first-order chi connectivity index (χ1) is 10.8. The van der Waals surface area contributed by atoms with Crippen LogP contribution >= 0.6 is 22.9 Å². The van der Waals surface area contributed by atoms with Gasteiger partial charge in [0, 0.05) is 10.9 Å². The lowest BCUT2D eigenvalue weighted by Gasteiger charge is -2.18. The molecule has 0 aliphatic rings. The summed E-state index contributed by atoms with van der Waals surface area (Å²) in [6.45, 7) is 0.666. The molecule has 1 unspecified atom stereocenters. The second kappa shape index (κ2) is 7.10. The molecule has 0 radical (unpaired) electrons. The van der Waals surface area contributed by atoms with Crippen LogP contribution in [0.4, 0.5) is 0 Å². The van der Waals surface area contributed by atoms with Crippen molar-refractivity contribution in [3.8, 4) is 11.1 Å². The fraction of sp³-hybridized carbons (Fsp3) is 0.158. The molecule has 0 spiro atoms. The molecule has 22 heavy (non-hydrogen) atoms. The molecule has 1 atom stereocenters. The number of thiophene rings is 1. The van der Waals surface area contributed by atoms with Gasteiger partial charge in [0.15, 0.2) is 0 Å². The van der Waals surface area contributed by atoms with Crippen molar-refractivity contribution in [1.29, 1.82) is 0 Å². The number of hydrogen-bond acceptors (Lipinski definition) is 2. The van der Waals surface area contributed by atoms with Gasteiger partial charge in [-0.3, -0.25) is 0 Å². The molecule has 1 heterocycles. The number of benzene rings is 2. The van der Waals surface area contributed by atoms with Gasteiger partial charge >= 0.3 is 0 Å². The summed E-state index contributed by atoms with van der Waals surface area (Å²) >= 11 is 7.72. The Morgan fingerprint density at radius 2 is 1.50 bits per heavy atom. The lowest BCUT2D eigenvalue weighted by Crippen LogP contribution is -2.08. The number of rotatable bonds is 5. The van der Waals surface area contributed by atoms with Gasteiger partial charge in [-0.1, -0.05) is 48.0 Å². The third kappa shape index (κ3) is 3.41. The number of nitrogens with two attached hydrogens (primary N) is 1. The number of hydrogen-bond donors (Lipinski definition) is 1. The van der Waals surface area contributed by atoms with Crippen LogP contribution in [-0.4, -0.2) is 6.54 Å². The monoisotopic (exact) mass is 327 g/mol. The van der Waals surface area contributed by atoms with Crippen molar-refractivity contribution in [3.63, 3.8) is 0 Å². The van der Waals surface area contributed by atoms with Crippen LogP contribution in [0, 0.1) is 0 Å². The third-order valence-electron chi connectivity index (χ3n) is 3.90. The fourth-order valence-corrected chi connectivity index (χ4v) is 3.52. The summed E-state index contributed by atoms with van der Waals surface area (Å²) in [6, 6.07) is 19.0. The molecule has 1 nitrogen and oxygen atoms in total. The van der Waals surface area contributed by atoms with Crippen LogP contribution in [0.3, 0.4) is 0 Å². The Labute approximate surface area is 140 Å². The minimum absolute atomic E-state index is 0.318. The molecule has 2 aromatic carbocycles. The molecule has 0 amide bonds. The predicted octanol–water partition coefficient (Wildman–Crippen LogP) is 5.55. The van der Waals surface area contributed by atoms with Gasteiger partial charge in [-0.2, -0.15) is 11.3 Å². The summed E-state index contributed by atoms with van der Waals surface area (Å²) in [4.78, 5) is 0. The molecule has 2 N–H and O–H groups in total. The zero-order chi connectivity index (χ0) is 15.4. The largest absolute Gasteiger partial charge is 0.330 e. The molecule has 3 heteroatoms. The lowest BCUT2D eigenvalue weighted by molar-refractivity contribution is 0.726. The van der Waals surface area contributed by atoms with E-state index in [1.54, 1.807) is 11.3 Å². The van der Waals surface area contributed by atoms with Crippen LogP contribution in [0.5, 0.6) is 0 Å². The van der Waals surface area contributed by atoms with Gasteiger partial charge < -0.3 is 5.73 Å². The van der Waals surface area contributed by atoms with E-state index in [1.807, 2.05) is 12.1 Å². The predicted molar refractivity (Wildman–Crippen MR) is 96.7 cm³/mol. The van der Waals surface area contributed by atoms with Gasteiger partial charge in [0.25, 0.3) is 0 Å². The molecule has 1 aromatic heterocycles. The van der Waals surface area contributed by atoms with Crippen molar-refractivity contribution in [1.82, 2.24) is 0 Å². The quantitative estimate of drug-likeness (QED) is 0.653. The van der Waals surface area contributed by atoms with Crippen LogP contribution in [0.2, 0.25) is 5.02 Å². The Bertz CT molecular complexity index is 702. The highest BCUT2D eigenvalue weighted by atomic mass is 35.5. The highest BCUT2D eigenvalue weighted by Gasteiger charge is 2.13. The van der Waals surface area contributed by atoms with E-state index in [0.29, 0.717) is 12.5 Å². The van der Waals surface area contributed by atoms with Gasteiger partial charge in [0.1, 0.15) is 0 Å². The minimum Gasteiger partial charge on any atom is -0.330 e. The van der Waals surface area contributed by atoms with Gasteiger partial charge in [-0.15, -0.1) is 0 Å². The van der Waals surface area contributed by atoms with E-state index >= 15 is 0 Å². The third-order valence-corrected chi connectivity index (χ3v) is 4.83. The Balaban J connectivity index is 1.90. The van der Waals surface area contributed by atoms with E-state index in [-0.39, 0.29) is 0 Å². The average molecular weight is 328 g/mol. The van der Waals surface area contributed by atoms with Crippen LogP contribution in [0.1, 0.15) is 23.5 Å². The smallest absolute Gasteiger partial charge is 0.0406 e. The average Bonchev–Trinajstić information content (AvgIpc) is 3.08. The molecular formula is C19H18ClNS. The Kier molecular flexibility index (Phi) is 4.94. The molecule has 0 aliphatic carbocycles. The topological polar surface area (TPSA) is 26.0 Å². The minimum atomic E-state index is 0.318. The summed E-state index contributed by atoms with van der Waals surface area (Å²) in [7, 11) is 0. The SMILES string of the molecule is NCCC(c1ccc(Cl)cc1)c1ccc(-c2ccsc2)cc1. The van der Waals surface area contributed by atoms with E-state index in [1.165, 1.54) is 22.3 Å². The molecular weight excluding hydrogens is 310 g/mol. The summed E-state index contributed by atoms with van der Waals surface area (Å²) in [6.07, 6.45) is 0.930. The van der Waals surface area contributed by atoms with Crippen molar-refractivity contribution >= 4 is 22.9 Å². The van der Waals surface area contributed by atoms with Crippen LogP contribution in [-0.2, 0) is 0 Å². The van der Waals surface area contributed by atoms with Crippen molar-refractivity contribution < 1.29 is 0 Å². The summed E-state index contributed by atoms with van der Waals surface area (Å²) in [5, 5.41) is 5.04. The standard InChI is InChI=1S/C19H18ClNS/c20-18-7-5-16(6-8-18)19(9-11-21)15-3-1-14(2-4-15)17-10-12-22-13-17/h1-8,10,12-13,19H,9,11,21H2. The van der Waals surface area contributed by atoms with Crippen LogP contribution < -0.4 is 5.73 Å². The second-order valence-electron chi connectivity index (χ2n) is 5.32. The zero-order valence-corrected chi connectivity index (χ0v) is 13.8. The summed E-state index contributed by atoms with van der Waals surface area (Å²) in [5.74, 6) is 0.318. The van der Waals surface area contributed by atoms with E-state index in [4.69, 9.17) is 17.3 Å². The van der Waals surface area contributed by atoms with Crippen molar-refractivity contribution in [2.24, 2.45) is 5.73 Å². The molecule has 0 aliphatic heterocycles. The maximum Gasteiger partial charge on any atom is 0.0406 e. The molecule has 3 rings (SSSR count). The highest BCUT2D eigenvalue weighted by Crippen LogP contribution is 2.30. The Morgan fingerprint density at radius 3 is 2.05 bits per heavy atom. The van der Waals surface area contributed by atoms with Gasteiger partial charge in [0.2, 0.25) is 0 Å². The van der Waals surface area contributed by atoms with Crippen molar-refractivity contribution in [3.05, 3.63) is 81.5 Å². The Morgan fingerprint density at radius 1 is 0.864 bits per heavy atom.